The molecule has 1 aliphatic rings. The molecule has 6 nitrogen and oxygen atoms in total. The Hall–Kier alpha value is -1.92. The molecule has 1 saturated heterocycles. The highest BCUT2D eigenvalue weighted by atomic mass is 19.1. The average molecular weight is 297 g/mol. The molecule has 2 rings (SSSR count). The molecular weight excluding hydrogens is 277 g/mol. The van der Waals surface area contributed by atoms with Crippen molar-refractivity contribution in [1.82, 2.24) is 15.4 Å². The smallest absolute Gasteiger partial charge is 0.230 e. The van der Waals surface area contributed by atoms with E-state index >= 15 is 0 Å². The van der Waals surface area contributed by atoms with Crippen molar-refractivity contribution in [2.24, 2.45) is 0 Å². The second-order valence-electron chi connectivity index (χ2n) is 5.30. The summed E-state index contributed by atoms with van der Waals surface area (Å²) in [6, 6.07) is 1.39. The zero-order valence-corrected chi connectivity index (χ0v) is 12.3. The predicted octanol–water partition coefficient (Wildman–Crippen LogP) is 0.991. The molecule has 116 valence electrons. The highest BCUT2D eigenvalue weighted by Gasteiger charge is 2.35. The molecule has 1 aromatic rings. The summed E-state index contributed by atoms with van der Waals surface area (Å²) in [7, 11) is 0. The maximum atomic E-state index is 13.6. The first-order valence-electron chi connectivity index (χ1n) is 7.12. The van der Waals surface area contributed by atoms with E-state index in [0.29, 0.717) is 17.9 Å². The molecule has 2 amide bonds. The van der Waals surface area contributed by atoms with Gasteiger partial charge in [0.05, 0.1) is 24.7 Å². The zero-order valence-electron chi connectivity index (χ0n) is 12.3. The van der Waals surface area contributed by atoms with Gasteiger partial charge in [0, 0.05) is 25.5 Å². The van der Waals surface area contributed by atoms with Gasteiger partial charge in [-0.3, -0.25) is 9.59 Å². The van der Waals surface area contributed by atoms with Crippen LogP contribution in [0.15, 0.2) is 10.6 Å². The molecule has 0 unspecified atom stereocenters. The van der Waals surface area contributed by atoms with Crippen LogP contribution in [0.2, 0.25) is 0 Å². The zero-order chi connectivity index (χ0) is 15.4. The van der Waals surface area contributed by atoms with Crippen LogP contribution in [-0.4, -0.2) is 47.2 Å². The minimum absolute atomic E-state index is 0.0613. The number of nitrogens with zero attached hydrogens (tertiary/aromatic N) is 2. The van der Waals surface area contributed by atoms with Crippen molar-refractivity contribution >= 4 is 11.8 Å². The van der Waals surface area contributed by atoms with Gasteiger partial charge in [0.25, 0.3) is 0 Å². The van der Waals surface area contributed by atoms with Crippen molar-refractivity contribution in [2.75, 3.05) is 13.1 Å². The number of hydrogen-bond acceptors (Lipinski definition) is 4. The van der Waals surface area contributed by atoms with Crippen molar-refractivity contribution in [3.05, 3.63) is 17.5 Å². The van der Waals surface area contributed by atoms with E-state index in [1.54, 1.807) is 19.9 Å². The summed E-state index contributed by atoms with van der Waals surface area (Å²) in [6.45, 7) is 3.87. The van der Waals surface area contributed by atoms with Crippen LogP contribution in [0.5, 0.6) is 0 Å². The molecular formula is C14H20FN3O3. The lowest BCUT2D eigenvalue weighted by Gasteiger charge is -2.24. The van der Waals surface area contributed by atoms with Crippen LogP contribution in [-0.2, 0) is 16.0 Å². The molecule has 0 aliphatic carbocycles. The topological polar surface area (TPSA) is 75.4 Å². The van der Waals surface area contributed by atoms with Crippen LogP contribution in [0.4, 0.5) is 4.39 Å². The highest BCUT2D eigenvalue weighted by molar-refractivity contribution is 5.79. The Bertz CT molecular complexity index is 517. The summed E-state index contributed by atoms with van der Waals surface area (Å²) < 4.78 is 18.6. The summed E-state index contributed by atoms with van der Waals surface area (Å²) >= 11 is 0. The van der Waals surface area contributed by atoms with Gasteiger partial charge in [-0.1, -0.05) is 12.1 Å². The summed E-state index contributed by atoms with van der Waals surface area (Å²) in [5.74, 6) is 0.161. The maximum absolute atomic E-state index is 13.6. The van der Waals surface area contributed by atoms with Gasteiger partial charge in [0.1, 0.15) is 11.9 Å². The molecule has 7 heteroatoms. The number of rotatable bonds is 5. The second kappa shape index (κ2) is 6.69. The monoisotopic (exact) mass is 297 g/mol. The molecule has 2 heterocycles. The van der Waals surface area contributed by atoms with Crippen LogP contribution in [0, 0.1) is 6.92 Å². The third-order valence-corrected chi connectivity index (χ3v) is 3.54. The number of amides is 2. The molecule has 1 aromatic heterocycles. The first-order chi connectivity index (χ1) is 9.99. The number of aromatic nitrogens is 1. The molecule has 0 spiro atoms. The van der Waals surface area contributed by atoms with Crippen molar-refractivity contribution in [1.29, 1.82) is 0 Å². The molecule has 0 radical (unpaired) electrons. The third kappa shape index (κ3) is 4.03. The third-order valence-electron chi connectivity index (χ3n) is 3.54. The van der Waals surface area contributed by atoms with Gasteiger partial charge in [0.15, 0.2) is 0 Å². The normalized spacial score (nSPS) is 21.6. The van der Waals surface area contributed by atoms with Crippen LogP contribution in [0.3, 0.4) is 0 Å². The molecule has 1 fully saturated rings. The van der Waals surface area contributed by atoms with Crippen molar-refractivity contribution in [3.63, 3.8) is 0 Å². The van der Waals surface area contributed by atoms with Gasteiger partial charge in [-0.25, -0.2) is 4.39 Å². The van der Waals surface area contributed by atoms with Gasteiger partial charge in [-0.05, 0) is 6.92 Å². The second-order valence-corrected chi connectivity index (χ2v) is 5.30. The molecule has 1 N–H and O–H groups in total. The molecule has 2 atom stereocenters. The Morgan fingerprint density at radius 1 is 1.57 bits per heavy atom. The molecule has 0 saturated carbocycles. The summed E-state index contributed by atoms with van der Waals surface area (Å²) in [5, 5.41) is 6.44. The van der Waals surface area contributed by atoms with E-state index in [4.69, 9.17) is 4.52 Å². The highest BCUT2D eigenvalue weighted by Crippen LogP contribution is 2.21. The van der Waals surface area contributed by atoms with Crippen LogP contribution in [0.25, 0.3) is 0 Å². The minimum atomic E-state index is -1.05. The Kier molecular flexibility index (Phi) is 4.93. The van der Waals surface area contributed by atoms with Crippen molar-refractivity contribution in [3.8, 4) is 0 Å². The van der Waals surface area contributed by atoms with E-state index in [-0.39, 0.29) is 43.8 Å². The Labute approximate surface area is 122 Å². The number of alkyl halides is 1. The maximum Gasteiger partial charge on any atom is 0.230 e. The lowest BCUT2D eigenvalue weighted by Crippen LogP contribution is -2.43. The fourth-order valence-corrected chi connectivity index (χ4v) is 2.47. The van der Waals surface area contributed by atoms with Crippen molar-refractivity contribution < 1.29 is 18.5 Å². The molecule has 0 aromatic carbocycles. The number of likely N-dealkylation sites (tertiary alicyclic amines) is 1. The van der Waals surface area contributed by atoms with Gasteiger partial charge in [-0.2, -0.15) is 0 Å². The Morgan fingerprint density at radius 3 is 2.95 bits per heavy atom. The van der Waals surface area contributed by atoms with Crippen LogP contribution < -0.4 is 5.32 Å². The first kappa shape index (κ1) is 15.5. The van der Waals surface area contributed by atoms with Crippen LogP contribution >= 0.6 is 0 Å². The molecule has 21 heavy (non-hydrogen) atoms. The largest absolute Gasteiger partial charge is 0.361 e. The van der Waals surface area contributed by atoms with E-state index < -0.39 is 6.17 Å². The quantitative estimate of drug-likeness (QED) is 0.879. The van der Waals surface area contributed by atoms with Gasteiger partial charge in [0.2, 0.25) is 11.8 Å². The summed E-state index contributed by atoms with van der Waals surface area (Å²) in [5.41, 5.74) is 0.703. The SMILES string of the molecule is CCC(=O)NC[C@@H]1C[C@H](F)CN1C(=O)Cc1cc(C)no1. The van der Waals surface area contributed by atoms with Gasteiger partial charge in [-0.15, -0.1) is 0 Å². The fraction of sp³-hybridized carbons (Fsp3) is 0.643. The summed E-state index contributed by atoms with van der Waals surface area (Å²) in [4.78, 5) is 25.0. The fourth-order valence-electron chi connectivity index (χ4n) is 2.47. The summed E-state index contributed by atoms with van der Waals surface area (Å²) in [6.07, 6.45) is -0.359. The Balaban J connectivity index is 1.95. The molecule has 1 aliphatic heterocycles. The van der Waals surface area contributed by atoms with E-state index in [9.17, 15) is 14.0 Å². The Morgan fingerprint density at radius 2 is 2.33 bits per heavy atom. The number of carbonyl (C=O) groups excluding carboxylic acids is 2. The minimum Gasteiger partial charge on any atom is -0.361 e. The predicted molar refractivity (Wildman–Crippen MR) is 73.3 cm³/mol. The number of aryl methyl sites for hydroxylation is 1. The van der Waals surface area contributed by atoms with Gasteiger partial charge < -0.3 is 14.7 Å². The van der Waals surface area contributed by atoms with Gasteiger partial charge >= 0.3 is 0 Å². The first-order valence-corrected chi connectivity index (χ1v) is 7.12. The number of carbonyl (C=O) groups is 2. The number of nitrogens with one attached hydrogen (secondary N) is 1. The van der Waals surface area contributed by atoms with E-state index in [1.807, 2.05) is 0 Å². The number of hydrogen-bond donors (Lipinski definition) is 1. The molecule has 0 bridgehead atoms. The number of halogens is 1. The van der Waals surface area contributed by atoms with E-state index in [1.165, 1.54) is 4.90 Å². The average Bonchev–Trinajstić information content (AvgIpc) is 3.02. The van der Waals surface area contributed by atoms with E-state index in [2.05, 4.69) is 10.5 Å². The van der Waals surface area contributed by atoms with Crippen molar-refractivity contribution in [2.45, 2.75) is 45.3 Å². The lowest BCUT2D eigenvalue weighted by molar-refractivity contribution is -0.132. The standard InChI is InChI=1S/C14H20FN3O3/c1-3-13(19)16-7-11-5-10(15)8-18(11)14(20)6-12-4-9(2)17-21-12/h4,10-11H,3,5-8H2,1-2H3,(H,16,19)/t10-,11-/m0/s1. The van der Waals surface area contributed by atoms with Crippen LogP contribution in [0.1, 0.15) is 31.2 Å². The lowest BCUT2D eigenvalue weighted by atomic mass is 10.2. The van der Waals surface area contributed by atoms with E-state index in [0.717, 1.165) is 0 Å².